The van der Waals surface area contributed by atoms with Crippen LogP contribution in [0.15, 0.2) is 30.2 Å². The van der Waals surface area contributed by atoms with E-state index in [-0.39, 0.29) is 31.0 Å². The van der Waals surface area contributed by atoms with E-state index in [1.54, 1.807) is 11.3 Å². The van der Waals surface area contributed by atoms with Crippen LogP contribution in [-0.2, 0) is 6.42 Å². The largest absolute Gasteiger partial charge is 1.00 e. The molecule has 0 saturated carbocycles. The first-order valence-corrected chi connectivity index (χ1v) is 3.44. The van der Waals surface area contributed by atoms with Gasteiger partial charge in [-0.25, -0.2) is 0 Å². The summed E-state index contributed by atoms with van der Waals surface area (Å²) in [4.78, 5) is 1.39. The summed E-state index contributed by atoms with van der Waals surface area (Å²) in [6, 6.07) is 4.18. The van der Waals surface area contributed by atoms with E-state index in [9.17, 15) is 0 Å². The Labute approximate surface area is 83.4 Å². The minimum absolute atomic E-state index is 0. The average Bonchev–Trinajstić information content (AvgIpc) is 2.19. The van der Waals surface area contributed by atoms with E-state index in [0.29, 0.717) is 0 Å². The molecule has 0 N–H and O–H groups in total. The summed E-state index contributed by atoms with van der Waals surface area (Å²) in [5, 5.41) is 2.08. The van der Waals surface area contributed by atoms with Crippen molar-refractivity contribution in [3.05, 3.63) is 35.0 Å². The van der Waals surface area contributed by atoms with Crippen LogP contribution in [0.4, 0.5) is 0 Å². The molecule has 0 radical (unpaired) electrons. The third-order valence-corrected chi connectivity index (χ3v) is 1.82. The third-order valence-electron chi connectivity index (χ3n) is 0.926. The molecule has 0 aromatic carbocycles. The molecule has 0 bridgehead atoms. The van der Waals surface area contributed by atoms with Crippen molar-refractivity contribution in [2.75, 3.05) is 0 Å². The normalized spacial score (nSPS) is 8.00. The average molecular weight is 148 g/mol. The van der Waals surface area contributed by atoms with Crippen LogP contribution in [-0.4, -0.2) is 0 Å². The fourth-order valence-electron chi connectivity index (χ4n) is 0.571. The molecular formula is C7H9NaS. The molecule has 0 nitrogen and oxygen atoms in total. The van der Waals surface area contributed by atoms with Gasteiger partial charge in [-0.3, -0.25) is 0 Å². The van der Waals surface area contributed by atoms with Gasteiger partial charge in [0.25, 0.3) is 0 Å². The van der Waals surface area contributed by atoms with Crippen molar-refractivity contribution < 1.29 is 31.0 Å². The summed E-state index contributed by atoms with van der Waals surface area (Å²) in [5.74, 6) is 0. The van der Waals surface area contributed by atoms with Gasteiger partial charge in [0.2, 0.25) is 0 Å². The molecule has 9 heavy (non-hydrogen) atoms. The maximum atomic E-state index is 3.64. The Morgan fingerprint density at radius 3 is 3.00 bits per heavy atom. The van der Waals surface area contributed by atoms with Crippen LogP contribution in [0.25, 0.3) is 0 Å². The summed E-state index contributed by atoms with van der Waals surface area (Å²) in [6.07, 6.45) is 2.93. The molecule has 0 spiro atoms. The van der Waals surface area contributed by atoms with Crippen molar-refractivity contribution in [2.45, 2.75) is 6.42 Å². The first-order valence-electron chi connectivity index (χ1n) is 2.57. The van der Waals surface area contributed by atoms with Gasteiger partial charge in [0.15, 0.2) is 0 Å². The van der Waals surface area contributed by atoms with Gasteiger partial charge in [-0.05, 0) is 17.9 Å². The van der Waals surface area contributed by atoms with Gasteiger partial charge in [0.1, 0.15) is 0 Å². The van der Waals surface area contributed by atoms with Gasteiger partial charge in [0, 0.05) is 4.88 Å². The molecule has 1 heterocycles. The van der Waals surface area contributed by atoms with Crippen molar-refractivity contribution in [1.82, 2.24) is 0 Å². The van der Waals surface area contributed by atoms with Crippen molar-refractivity contribution in [2.24, 2.45) is 0 Å². The topological polar surface area (TPSA) is 0 Å². The quantitative estimate of drug-likeness (QED) is 0.395. The zero-order chi connectivity index (χ0) is 5.82. The summed E-state index contributed by atoms with van der Waals surface area (Å²) in [7, 11) is 0. The molecule has 1 aromatic rings. The monoisotopic (exact) mass is 148 g/mol. The fraction of sp³-hybridized carbons (Fsp3) is 0.143. The van der Waals surface area contributed by atoms with Crippen LogP contribution in [0.1, 0.15) is 6.30 Å². The number of hydrogen-bond donors (Lipinski definition) is 0. The van der Waals surface area contributed by atoms with Crippen LogP contribution >= 0.6 is 11.3 Å². The van der Waals surface area contributed by atoms with Gasteiger partial charge in [0.05, 0.1) is 0 Å². The summed E-state index contributed by atoms with van der Waals surface area (Å²) in [6.45, 7) is 3.64. The fourth-order valence-corrected chi connectivity index (χ4v) is 1.27. The van der Waals surface area contributed by atoms with Crippen molar-refractivity contribution in [3.8, 4) is 0 Å². The van der Waals surface area contributed by atoms with Gasteiger partial charge in [-0.2, -0.15) is 0 Å². The third kappa shape index (κ3) is 3.21. The predicted octanol–water partition coefficient (Wildman–Crippen LogP) is -0.407. The Balaban J connectivity index is 0. The standard InChI is InChI=1S/C7H8S.Na.H/c1-2-4-7-5-3-6-8-7;;/h2-3,5-6H,1,4H2;;/q;+1;-1. The van der Waals surface area contributed by atoms with Gasteiger partial charge >= 0.3 is 29.6 Å². The van der Waals surface area contributed by atoms with Crippen molar-refractivity contribution in [3.63, 3.8) is 0 Å². The van der Waals surface area contributed by atoms with Crippen LogP contribution in [0.2, 0.25) is 0 Å². The van der Waals surface area contributed by atoms with Gasteiger partial charge < -0.3 is 1.43 Å². The van der Waals surface area contributed by atoms with E-state index < -0.39 is 0 Å². The number of thiophene rings is 1. The first-order chi connectivity index (χ1) is 3.93. The number of hydrogen-bond acceptors (Lipinski definition) is 1. The molecule has 0 fully saturated rings. The van der Waals surface area contributed by atoms with Gasteiger partial charge in [-0.15, -0.1) is 17.9 Å². The molecule has 1 aromatic heterocycles. The number of allylic oxidation sites excluding steroid dienone is 1. The summed E-state index contributed by atoms with van der Waals surface area (Å²) >= 11 is 1.78. The zero-order valence-electron chi connectivity index (χ0n) is 6.63. The molecule has 44 valence electrons. The van der Waals surface area contributed by atoms with Crippen molar-refractivity contribution >= 4 is 11.3 Å². The molecule has 2 heteroatoms. The van der Waals surface area contributed by atoms with E-state index in [1.807, 2.05) is 6.08 Å². The molecule has 0 atom stereocenters. The second-order valence-electron chi connectivity index (χ2n) is 1.57. The van der Waals surface area contributed by atoms with Gasteiger partial charge in [-0.1, -0.05) is 12.1 Å². The Hall–Kier alpha value is 0.440. The molecule has 0 aliphatic heterocycles. The van der Waals surface area contributed by atoms with E-state index >= 15 is 0 Å². The summed E-state index contributed by atoms with van der Waals surface area (Å²) in [5.41, 5.74) is 0. The SMILES string of the molecule is C=CCc1cccs1.[H-].[Na+]. The Bertz CT molecular complexity index is 160. The summed E-state index contributed by atoms with van der Waals surface area (Å²) < 4.78 is 0. The predicted molar refractivity (Wildman–Crippen MR) is 39.3 cm³/mol. The van der Waals surface area contributed by atoms with E-state index in [2.05, 4.69) is 24.1 Å². The second-order valence-corrected chi connectivity index (χ2v) is 2.60. The van der Waals surface area contributed by atoms with Crippen LogP contribution < -0.4 is 29.6 Å². The van der Waals surface area contributed by atoms with E-state index in [1.165, 1.54) is 4.88 Å². The van der Waals surface area contributed by atoms with E-state index in [4.69, 9.17) is 0 Å². The molecule has 0 amide bonds. The Morgan fingerprint density at radius 2 is 2.56 bits per heavy atom. The van der Waals surface area contributed by atoms with E-state index in [0.717, 1.165) is 6.42 Å². The van der Waals surface area contributed by atoms with Crippen molar-refractivity contribution in [1.29, 1.82) is 0 Å². The Kier molecular flexibility index (Phi) is 5.50. The Morgan fingerprint density at radius 1 is 1.78 bits per heavy atom. The first kappa shape index (κ1) is 9.44. The smallest absolute Gasteiger partial charge is 1.00 e. The molecular weight excluding hydrogens is 139 g/mol. The maximum absolute atomic E-state index is 3.64. The molecule has 0 unspecified atom stereocenters. The minimum Gasteiger partial charge on any atom is -1.00 e. The molecule has 0 saturated heterocycles. The van der Waals surface area contributed by atoms with Crippen LogP contribution in [0.5, 0.6) is 0 Å². The minimum atomic E-state index is 0. The zero-order valence-corrected chi connectivity index (χ0v) is 8.45. The van der Waals surface area contributed by atoms with Crippen LogP contribution in [0, 0.1) is 0 Å². The number of rotatable bonds is 2. The van der Waals surface area contributed by atoms with Crippen LogP contribution in [0.3, 0.4) is 0 Å². The molecule has 1 rings (SSSR count). The molecule has 0 aliphatic rings. The maximum Gasteiger partial charge on any atom is 1.00 e. The molecule has 0 aliphatic carbocycles. The second kappa shape index (κ2) is 5.24.